The van der Waals surface area contributed by atoms with Crippen molar-refractivity contribution in [2.45, 2.75) is 37.1 Å². The number of non-ortho nitro benzene ring substituents is 1. The molecule has 0 unspecified atom stereocenters. The monoisotopic (exact) mass is 541 g/mol. The summed E-state index contributed by atoms with van der Waals surface area (Å²) in [7, 11) is -3.77. The number of nitrogens with one attached hydrogen (secondary N) is 1. The summed E-state index contributed by atoms with van der Waals surface area (Å²) in [4.78, 5) is 12.8. The number of nitro groups is 1. The van der Waals surface area contributed by atoms with Crippen LogP contribution in [-0.2, 0) is 23.0 Å². The Balaban J connectivity index is 0.00000363. The maximum Gasteiger partial charge on any atom is 0.269 e. The number of fused-ring (bicyclic) bond motifs is 1. The summed E-state index contributed by atoms with van der Waals surface area (Å²) in [5.41, 5.74) is 2.29. The van der Waals surface area contributed by atoms with Gasteiger partial charge in [0.15, 0.2) is 0 Å². The number of nitro benzene ring substituents is 1. The topological polar surface area (TPSA) is 92.6 Å². The molecule has 2 aromatic carbocycles. The van der Waals surface area contributed by atoms with Crippen LogP contribution in [0.25, 0.3) is 0 Å². The first-order chi connectivity index (χ1) is 14.7. The molecule has 0 saturated heterocycles. The number of rotatable bonds is 9. The number of halogens is 4. The minimum Gasteiger partial charge on any atom is -0.299 e. The van der Waals surface area contributed by atoms with Crippen molar-refractivity contribution in [2.75, 3.05) is 19.6 Å². The van der Waals surface area contributed by atoms with Crippen molar-refractivity contribution >= 4 is 62.9 Å². The fourth-order valence-electron chi connectivity index (χ4n) is 3.54. The summed E-state index contributed by atoms with van der Waals surface area (Å²) in [6.45, 7) is 2.74. The van der Waals surface area contributed by atoms with Gasteiger partial charge in [-0.1, -0.05) is 47.3 Å². The zero-order valence-corrected chi connectivity index (χ0v) is 20.9. The van der Waals surface area contributed by atoms with Gasteiger partial charge in [-0.2, -0.15) is 0 Å². The first kappa shape index (κ1) is 27.1. The van der Waals surface area contributed by atoms with Gasteiger partial charge in [0, 0.05) is 31.8 Å². The molecule has 0 fully saturated rings. The average Bonchev–Trinajstić information content (AvgIpc) is 2.73. The molecule has 0 saturated carbocycles. The van der Waals surface area contributed by atoms with Crippen molar-refractivity contribution in [1.82, 2.24) is 9.62 Å². The molecule has 0 atom stereocenters. The van der Waals surface area contributed by atoms with E-state index in [1.807, 2.05) is 6.07 Å². The zero-order chi connectivity index (χ0) is 22.6. The predicted molar refractivity (Wildman–Crippen MR) is 130 cm³/mol. The molecule has 0 bridgehead atoms. The minimum absolute atomic E-state index is 0. The number of unbranched alkanes of at least 4 members (excludes halogenated alkanes) is 2. The van der Waals surface area contributed by atoms with E-state index in [2.05, 4.69) is 9.62 Å². The molecule has 0 radical (unpaired) electrons. The summed E-state index contributed by atoms with van der Waals surface area (Å²) >= 11 is 17.8. The van der Waals surface area contributed by atoms with Gasteiger partial charge in [0.2, 0.25) is 10.0 Å². The molecule has 2 aromatic rings. The van der Waals surface area contributed by atoms with Crippen molar-refractivity contribution in [3.05, 3.63) is 66.6 Å². The van der Waals surface area contributed by atoms with E-state index in [1.54, 1.807) is 12.1 Å². The number of hydrogen-bond donors (Lipinski definition) is 1. The minimum atomic E-state index is -3.77. The molecule has 1 N–H and O–H groups in total. The van der Waals surface area contributed by atoms with Crippen LogP contribution in [0, 0.1) is 10.1 Å². The van der Waals surface area contributed by atoms with Crippen LogP contribution in [0.1, 0.15) is 30.4 Å². The molecule has 176 valence electrons. The summed E-state index contributed by atoms with van der Waals surface area (Å²) in [5, 5.41) is 11.1. The van der Waals surface area contributed by atoms with Crippen LogP contribution in [0.4, 0.5) is 5.69 Å². The second kappa shape index (κ2) is 11.8. The Labute approximate surface area is 208 Å². The molecule has 0 aromatic heterocycles. The Kier molecular flexibility index (Phi) is 10.0. The first-order valence-corrected chi connectivity index (χ1v) is 12.4. The smallest absolute Gasteiger partial charge is 0.269 e. The highest BCUT2D eigenvalue weighted by Gasteiger charge is 2.21. The van der Waals surface area contributed by atoms with Crippen molar-refractivity contribution in [1.29, 1.82) is 0 Å². The molecule has 0 spiro atoms. The van der Waals surface area contributed by atoms with Crippen LogP contribution in [0.2, 0.25) is 15.1 Å². The van der Waals surface area contributed by atoms with Gasteiger partial charge in [-0.25, -0.2) is 13.1 Å². The molecule has 0 amide bonds. The van der Waals surface area contributed by atoms with E-state index in [9.17, 15) is 18.5 Å². The van der Waals surface area contributed by atoms with E-state index in [0.717, 1.165) is 43.5 Å². The third-order valence-electron chi connectivity index (χ3n) is 5.22. The number of nitrogens with zero attached hydrogens (tertiary/aromatic N) is 2. The van der Waals surface area contributed by atoms with E-state index in [1.165, 1.54) is 12.1 Å². The van der Waals surface area contributed by atoms with Gasteiger partial charge in [0.05, 0.1) is 20.0 Å². The van der Waals surface area contributed by atoms with E-state index < -0.39 is 10.0 Å². The normalized spacial score (nSPS) is 14.0. The molecule has 32 heavy (non-hydrogen) atoms. The van der Waals surface area contributed by atoms with E-state index in [0.29, 0.717) is 13.0 Å². The Bertz CT molecular complexity index is 1080. The standard InChI is InChI=1S/C20H22Cl3N3O4S.ClH/c21-17-6-7-18(20(23)19(17)22)31(29,30)24-9-2-1-3-10-25-11-8-14-4-5-16(26(27)28)12-15(14)13-25;/h4-7,12,24H,1-3,8-11,13H2;1H. The quantitative estimate of drug-likeness (QED) is 0.196. The Morgan fingerprint density at radius 1 is 1.03 bits per heavy atom. The Hall–Kier alpha value is -1.13. The lowest BCUT2D eigenvalue weighted by molar-refractivity contribution is -0.385. The van der Waals surface area contributed by atoms with E-state index in [-0.39, 0.29) is 49.5 Å². The van der Waals surface area contributed by atoms with Gasteiger partial charge in [0.25, 0.3) is 5.69 Å². The van der Waals surface area contributed by atoms with Crippen molar-refractivity contribution in [2.24, 2.45) is 0 Å². The average molecular weight is 543 g/mol. The molecule has 3 rings (SSSR count). The fraction of sp³-hybridized carbons (Fsp3) is 0.400. The molecule has 7 nitrogen and oxygen atoms in total. The van der Waals surface area contributed by atoms with Gasteiger partial charge in [-0.05, 0) is 49.1 Å². The lowest BCUT2D eigenvalue weighted by Gasteiger charge is -2.28. The third-order valence-corrected chi connectivity index (χ3v) is 8.13. The summed E-state index contributed by atoms with van der Waals surface area (Å²) in [5.74, 6) is 0. The van der Waals surface area contributed by atoms with Crippen LogP contribution in [0.15, 0.2) is 35.2 Å². The van der Waals surface area contributed by atoms with Crippen LogP contribution >= 0.6 is 47.2 Å². The molecular weight excluding hydrogens is 520 g/mol. The van der Waals surface area contributed by atoms with Gasteiger partial charge in [-0.15, -0.1) is 12.4 Å². The van der Waals surface area contributed by atoms with E-state index >= 15 is 0 Å². The molecule has 1 aliphatic heterocycles. The second-order valence-electron chi connectivity index (χ2n) is 7.37. The number of sulfonamides is 1. The van der Waals surface area contributed by atoms with Crippen LogP contribution in [0.3, 0.4) is 0 Å². The molecular formula is C20H23Cl4N3O4S. The highest BCUT2D eigenvalue weighted by Crippen LogP contribution is 2.34. The predicted octanol–water partition coefficient (Wildman–Crippen LogP) is 5.48. The largest absolute Gasteiger partial charge is 0.299 e. The first-order valence-electron chi connectivity index (χ1n) is 9.81. The van der Waals surface area contributed by atoms with Gasteiger partial charge in [0.1, 0.15) is 4.90 Å². The zero-order valence-electron chi connectivity index (χ0n) is 17.0. The van der Waals surface area contributed by atoms with Crippen LogP contribution in [0.5, 0.6) is 0 Å². The Morgan fingerprint density at radius 2 is 1.78 bits per heavy atom. The second-order valence-corrected chi connectivity index (χ2v) is 10.3. The van der Waals surface area contributed by atoms with Crippen molar-refractivity contribution < 1.29 is 13.3 Å². The van der Waals surface area contributed by atoms with Gasteiger partial charge < -0.3 is 0 Å². The highest BCUT2D eigenvalue weighted by atomic mass is 35.5. The molecule has 1 heterocycles. The Morgan fingerprint density at radius 3 is 2.50 bits per heavy atom. The van der Waals surface area contributed by atoms with Crippen molar-refractivity contribution in [3.8, 4) is 0 Å². The SMILES string of the molecule is Cl.O=[N+]([O-])c1ccc2c(c1)CN(CCCCCNS(=O)(=O)c1ccc(Cl)c(Cl)c1Cl)CC2. The summed E-state index contributed by atoms with van der Waals surface area (Å²) in [6.07, 6.45) is 3.29. The highest BCUT2D eigenvalue weighted by molar-refractivity contribution is 7.89. The lowest BCUT2D eigenvalue weighted by Crippen LogP contribution is -2.31. The van der Waals surface area contributed by atoms with Gasteiger partial charge in [-0.3, -0.25) is 15.0 Å². The summed E-state index contributed by atoms with van der Waals surface area (Å²) < 4.78 is 27.4. The maximum atomic E-state index is 12.4. The van der Waals surface area contributed by atoms with Gasteiger partial charge >= 0.3 is 0 Å². The van der Waals surface area contributed by atoms with E-state index in [4.69, 9.17) is 34.8 Å². The molecule has 1 aliphatic rings. The number of hydrogen-bond acceptors (Lipinski definition) is 5. The van der Waals surface area contributed by atoms with Crippen molar-refractivity contribution in [3.63, 3.8) is 0 Å². The molecule has 12 heteroatoms. The maximum absolute atomic E-state index is 12.4. The lowest BCUT2D eigenvalue weighted by atomic mass is 9.99. The van der Waals surface area contributed by atoms with Crippen LogP contribution in [-0.4, -0.2) is 37.9 Å². The summed E-state index contributed by atoms with van der Waals surface area (Å²) in [6, 6.07) is 7.79. The third kappa shape index (κ3) is 6.70. The van der Waals surface area contributed by atoms with Crippen LogP contribution < -0.4 is 4.72 Å². The fourth-order valence-corrected chi connectivity index (χ4v) is 5.59. The molecule has 0 aliphatic carbocycles. The number of benzene rings is 2.